The van der Waals surface area contributed by atoms with Crippen LogP contribution in [-0.4, -0.2) is 14.7 Å². The summed E-state index contributed by atoms with van der Waals surface area (Å²) in [5, 5.41) is 0. The Morgan fingerprint density at radius 3 is 2.40 bits per heavy atom. The van der Waals surface area contributed by atoms with Gasteiger partial charge in [-0.25, -0.2) is 8.42 Å². The summed E-state index contributed by atoms with van der Waals surface area (Å²) in [7, 11) is -3.03. The molecule has 82 valence electrons. The zero-order valence-electron chi connectivity index (χ0n) is 8.73. The minimum atomic E-state index is -3.03. The average molecular weight is 225 g/mol. The number of hydrogen-bond acceptors (Lipinski definition) is 3. The number of benzene rings is 1. The Bertz CT molecular complexity index is 475. The molecule has 0 bridgehead atoms. The second-order valence-electron chi connectivity index (χ2n) is 4.13. The van der Waals surface area contributed by atoms with Crippen LogP contribution in [0.3, 0.4) is 0 Å². The molecule has 0 heterocycles. The highest BCUT2D eigenvalue weighted by Crippen LogP contribution is 2.53. The predicted octanol–water partition coefficient (Wildman–Crippen LogP) is 1.18. The van der Waals surface area contributed by atoms with Gasteiger partial charge in [0.05, 0.1) is 4.75 Å². The van der Waals surface area contributed by atoms with Gasteiger partial charge in [-0.2, -0.15) is 0 Å². The van der Waals surface area contributed by atoms with E-state index in [1.165, 1.54) is 6.26 Å². The third-order valence-electron chi connectivity index (χ3n) is 3.14. The number of rotatable bonds is 3. The maximum absolute atomic E-state index is 11.7. The van der Waals surface area contributed by atoms with Gasteiger partial charge in [-0.15, -0.1) is 0 Å². The molecular formula is C11H15NO2S. The molecule has 0 aromatic heterocycles. The van der Waals surface area contributed by atoms with Gasteiger partial charge in [-0.1, -0.05) is 24.3 Å². The summed E-state index contributed by atoms with van der Waals surface area (Å²) in [4.78, 5) is 0. The van der Waals surface area contributed by atoms with Crippen molar-refractivity contribution in [3.05, 3.63) is 35.4 Å². The van der Waals surface area contributed by atoms with Gasteiger partial charge in [0.25, 0.3) is 0 Å². The van der Waals surface area contributed by atoms with Crippen LogP contribution in [0, 0.1) is 0 Å². The fourth-order valence-electron chi connectivity index (χ4n) is 2.10. The summed E-state index contributed by atoms with van der Waals surface area (Å²) in [5.41, 5.74) is 7.47. The Labute approximate surface area is 90.2 Å². The highest BCUT2D eigenvalue weighted by Gasteiger charge is 2.54. The Morgan fingerprint density at radius 1 is 1.33 bits per heavy atom. The van der Waals surface area contributed by atoms with Gasteiger partial charge in [-0.05, 0) is 24.0 Å². The number of hydrogen-bond donors (Lipinski definition) is 1. The van der Waals surface area contributed by atoms with Gasteiger partial charge in [0.2, 0.25) is 0 Å². The maximum atomic E-state index is 11.7. The molecule has 1 aromatic rings. The van der Waals surface area contributed by atoms with Crippen LogP contribution in [0.4, 0.5) is 0 Å². The summed E-state index contributed by atoms with van der Waals surface area (Å²) in [6, 6.07) is 7.56. The molecule has 0 radical (unpaired) electrons. The second-order valence-corrected chi connectivity index (χ2v) is 6.45. The smallest absolute Gasteiger partial charge is 0.157 e. The molecule has 0 spiro atoms. The first kappa shape index (κ1) is 10.6. The van der Waals surface area contributed by atoms with Crippen molar-refractivity contribution in [2.75, 3.05) is 6.26 Å². The zero-order chi connectivity index (χ0) is 11.1. The largest absolute Gasteiger partial charge is 0.326 e. The van der Waals surface area contributed by atoms with Crippen molar-refractivity contribution in [3.8, 4) is 0 Å². The van der Waals surface area contributed by atoms with Crippen LogP contribution in [0.1, 0.15) is 24.0 Å². The lowest BCUT2D eigenvalue weighted by Gasteiger charge is -2.17. The Balaban J connectivity index is 2.56. The van der Waals surface area contributed by atoms with Crippen LogP contribution < -0.4 is 5.73 Å². The summed E-state index contributed by atoms with van der Waals surface area (Å²) in [6.45, 7) is 0.396. The molecule has 1 aliphatic rings. The number of nitrogens with two attached hydrogens (primary N) is 1. The summed E-state index contributed by atoms with van der Waals surface area (Å²) >= 11 is 0. The molecule has 0 saturated heterocycles. The average Bonchev–Trinajstić information content (AvgIpc) is 2.97. The molecule has 3 nitrogen and oxygen atoms in total. The lowest BCUT2D eigenvalue weighted by atomic mass is 10.0. The van der Waals surface area contributed by atoms with Crippen molar-refractivity contribution < 1.29 is 8.42 Å². The molecule has 1 aromatic carbocycles. The lowest BCUT2D eigenvalue weighted by Crippen LogP contribution is -2.21. The normalized spacial score (nSPS) is 18.8. The van der Waals surface area contributed by atoms with E-state index in [0.717, 1.165) is 24.0 Å². The Kier molecular flexibility index (Phi) is 2.35. The zero-order valence-corrected chi connectivity index (χ0v) is 9.55. The van der Waals surface area contributed by atoms with Gasteiger partial charge < -0.3 is 5.73 Å². The van der Waals surface area contributed by atoms with Crippen LogP contribution in [0.2, 0.25) is 0 Å². The molecule has 0 unspecified atom stereocenters. The van der Waals surface area contributed by atoms with Crippen molar-refractivity contribution in [1.29, 1.82) is 0 Å². The molecule has 15 heavy (non-hydrogen) atoms. The minimum Gasteiger partial charge on any atom is -0.326 e. The molecule has 2 N–H and O–H groups in total. The van der Waals surface area contributed by atoms with E-state index in [-0.39, 0.29) is 0 Å². The predicted molar refractivity (Wildman–Crippen MR) is 60.1 cm³/mol. The highest BCUT2D eigenvalue weighted by atomic mass is 32.2. The Morgan fingerprint density at radius 2 is 1.93 bits per heavy atom. The monoisotopic (exact) mass is 225 g/mol. The molecule has 0 atom stereocenters. The molecule has 1 saturated carbocycles. The van der Waals surface area contributed by atoms with Crippen molar-refractivity contribution in [2.24, 2.45) is 5.73 Å². The van der Waals surface area contributed by atoms with Gasteiger partial charge in [-0.3, -0.25) is 0 Å². The second kappa shape index (κ2) is 3.32. The summed E-state index contributed by atoms with van der Waals surface area (Å²) in [6.07, 6.45) is 2.76. The Hall–Kier alpha value is -0.870. The minimum absolute atomic E-state index is 0.396. The maximum Gasteiger partial charge on any atom is 0.157 e. The van der Waals surface area contributed by atoms with Gasteiger partial charge >= 0.3 is 0 Å². The van der Waals surface area contributed by atoms with Crippen LogP contribution in [0.25, 0.3) is 0 Å². The molecule has 0 amide bonds. The molecule has 2 rings (SSSR count). The third-order valence-corrected chi connectivity index (χ3v) is 5.19. The SMILES string of the molecule is CS(=O)(=O)C1(c2ccccc2CN)CC1. The molecular weight excluding hydrogens is 210 g/mol. The van der Waals surface area contributed by atoms with E-state index in [2.05, 4.69) is 0 Å². The van der Waals surface area contributed by atoms with Crippen molar-refractivity contribution in [1.82, 2.24) is 0 Å². The quantitative estimate of drug-likeness (QED) is 0.840. The lowest BCUT2D eigenvalue weighted by molar-refractivity contribution is 0.585. The van der Waals surface area contributed by atoms with E-state index < -0.39 is 14.6 Å². The molecule has 1 fully saturated rings. The van der Waals surface area contributed by atoms with E-state index in [4.69, 9.17) is 5.73 Å². The fourth-order valence-corrected chi connectivity index (χ4v) is 3.54. The van der Waals surface area contributed by atoms with Crippen LogP contribution >= 0.6 is 0 Å². The van der Waals surface area contributed by atoms with Gasteiger partial charge in [0.1, 0.15) is 0 Å². The van der Waals surface area contributed by atoms with Crippen molar-refractivity contribution >= 4 is 9.84 Å². The summed E-state index contributed by atoms with van der Waals surface area (Å²) in [5.74, 6) is 0. The van der Waals surface area contributed by atoms with E-state index in [1.807, 2.05) is 24.3 Å². The van der Waals surface area contributed by atoms with Crippen LogP contribution in [0.5, 0.6) is 0 Å². The topological polar surface area (TPSA) is 60.2 Å². The first-order chi connectivity index (χ1) is 7.01. The van der Waals surface area contributed by atoms with Crippen molar-refractivity contribution in [3.63, 3.8) is 0 Å². The third kappa shape index (κ3) is 1.58. The molecule has 4 heteroatoms. The van der Waals surface area contributed by atoms with E-state index in [0.29, 0.717) is 6.54 Å². The van der Waals surface area contributed by atoms with Crippen molar-refractivity contribution in [2.45, 2.75) is 24.1 Å². The van der Waals surface area contributed by atoms with Crippen LogP contribution in [0.15, 0.2) is 24.3 Å². The summed E-state index contributed by atoms with van der Waals surface area (Å²) < 4.78 is 22.9. The first-order valence-electron chi connectivity index (χ1n) is 4.99. The number of sulfone groups is 1. The molecule has 1 aliphatic carbocycles. The standard InChI is InChI=1S/C11H15NO2S/c1-15(13,14)11(6-7-11)10-5-3-2-4-9(10)8-12/h2-5H,6-8,12H2,1H3. The highest BCUT2D eigenvalue weighted by molar-refractivity contribution is 7.92. The van der Waals surface area contributed by atoms with Gasteiger partial charge in [0, 0.05) is 12.8 Å². The van der Waals surface area contributed by atoms with E-state index in [1.54, 1.807) is 0 Å². The van der Waals surface area contributed by atoms with E-state index >= 15 is 0 Å². The van der Waals surface area contributed by atoms with Gasteiger partial charge in [0.15, 0.2) is 9.84 Å². The first-order valence-corrected chi connectivity index (χ1v) is 6.88. The van der Waals surface area contributed by atoms with Crippen LogP contribution in [-0.2, 0) is 21.1 Å². The fraction of sp³-hybridized carbons (Fsp3) is 0.455. The van der Waals surface area contributed by atoms with E-state index in [9.17, 15) is 8.42 Å². The molecule has 0 aliphatic heterocycles.